The highest BCUT2D eigenvalue weighted by atomic mass is 16.7. The number of hydrazone groups is 1. The normalized spacial score (nSPS) is 13.1. The van der Waals surface area contributed by atoms with Crippen LogP contribution in [0.2, 0.25) is 0 Å². The molecule has 2 aromatic carbocycles. The highest BCUT2D eigenvalue weighted by molar-refractivity contribution is 6.01. The number of hydrogen-bond donors (Lipinski definition) is 1. The van der Waals surface area contributed by atoms with E-state index in [2.05, 4.69) is 10.5 Å². The second kappa shape index (κ2) is 5.89. The summed E-state index contributed by atoms with van der Waals surface area (Å²) in [6, 6.07) is 13.0. The van der Waals surface area contributed by atoms with Crippen LogP contribution in [0.25, 0.3) is 0 Å². The van der Waals surface area contributed by atoms with Crippen molar-refractivity contribution in [1.82, 2.24) is 5.43 Å². The summed E-state index contributed by atoms with van der Waals surface area (Å²) in [6.07, 6.45) is 0. The van der Waals surface area contributed by atoms with Crippen molar-refractivity contribution in [2.24, 2.45) is 5.10 Å². The highest BCUT2D eigenvalue weighted by Crippen LogP contribution is 2.32. The lowest BCUT2D eigenvalue weighted by Gasteiger charge is -2.04. The molecule has 0 saturated heterocycles. The van der Waals surface area contributed by atoms with E-state index in [1.165, 1.54) is 5.56 Å². The van der Waals surface area contributed by atoms with Crippen LogP contribution in [0.4, 0.5) is 0 Å². The van der Waals surface area contributed by atoms with Gasteiger partial charge in [-0.05, 0) is 37.6 Å². The minimum absolute atomic E-state index is 0.186. The molecule has 0 unspecified atom stereocenters. The van der Waals surface area contributed by atoms with E-state index >= 15 is 0 Å². The molecule has 112 valence electrons. The Kier molecular flexibility index (Phi) is 3.78. The first kappa shape index (κ1) is 14.1. The Morgan fingerprint density at radius 1 is 1.05 bits per heavy atom. The maximum atomic E-state index is 12.1. The van der Waals surface area contributed by atoms with Crippen molar-refractivity contribution < 1.29 is 14.3 Å². The van der Waals surface area contributed by atoms with E-state index in [4.69, 9.17) is 9.47 Å². The molecule has 0 bridgehead atoms. The molecule has 0 aliphatic carbocycles. The van der Waals surface area contributed by atoms with Crippen molar-refractivity contribution in [3.63, 3.8) is 0 Å². The summed E-state index contributed by atoms with van der Waals surface area (Å²) >= 11 is 0. The van der Waals surface area contributed by atoms with Gasteiger partial charge in [-0.3, -0.25) is 4.79 Å². The quantitative estimate of drug-likeness (QED) is 0.700. The van der Waals surface area contributed by atoms with E-state index in [0.29, 0.717) is 17.1 Å². The number of nitrogens with one attached hydrogen (secondary N) is 1. The Morgan fingerprint density at radius 3 is 2.50 bits per heavy atom. The molecule has 5 nitrogen and oxygen atoms in total. The lowest BCUT2D eigenvalue weighted by molar-refractivity contribution is 0.0954. The first-order valence-corrected chi connectivity index (χ1v) is 6.95. The SMILES string of the molecule is C/C(=N\NC(=O)c1ccc2c(c1)OCO2)c1ccc(C)cc1. The van der Waals surface area contributed by atoms with Crippen LogP contribution >= 0.6 is 0 Å². The number of carbonyl (C=O) groups excluding carboxylic acids is 1. The van der Waals surface area contributed by atoms with E-state index in [1.807, 2.05) is 38.1 Å². The van der Waals surface area contributed by atoms with E-state index in [9.17, 15) is 4.79 Å². The number of amides is 1. The molecule has 0 spiro atoms. The summed E-state index contributed by atoms with van der Waals surface area (Å²) in [6.45, 7) is 4.06. The summed E-state index contributed by atoms with van der Waals surface area (Å²) in [5.41, 5.74) is 5.93. The maximum Gasteiger partial charge on any atom is 0.271 e. The van der Waals surface area contributed by atoms with Gasteiger partial charge in [-0.15, -0.1) is 0 Å². The third kappa shape index (κ3) is 2.93. The average Bonchev–Trinajstić information content (AvgIpc) is 3.00. The number of rotatable bonds is 3. The van der Waals surface area contributed by atoms with E-state index in [0.717, 1.165) is 11.3 Å². The van der Waals surface area contributed by atoms with Crippen molar-refractivity contribution in [3.05, 3.63) is 59.2 Å². The Hall–Kier alpha value is -2.82. The van der Waals surface area contributed by atoms with E-state index < -0.39 is 0 Å². The Labute approximate surface area is 128 Å². The number of benzene rings is 2. The van der Waals surface area contributed by atoms with Gasteiger partial charge in [0.2, 0.25) is 6.79 Å². The predicted octanol–water partition coefficient (Wildman–Crippen LogP) is 2.88. The topological polar surface area (TPSA) is 59.9 Å². The second-order valence-electron chi connectivity index (χ2n) is 5.07. The lowest BCUT2D eigenvalue weighted by atomic mass is 10.1. The van der Waals surface area contributed by atoms with Gasteiger partial charge in [0.05, 0.1) is 5.71 Å². The van der Waals surface area contributed by atoms with E-state index in [-0.39, 0.29) is 12.7 Å². The number of aryl methyl sites for hydroxylation is 1. The van der Waals surface area contributed by atoms with Gasteiger partial charge in [-0.1, -0.05) is 29.8 Å². The smallest absolute Gasteiger partial charge is 0.271 e. The number of fused-ring (bicyclic) bond motifs is 1. The summed E-state index contributed by atoms with van der Waals surface area (Å²) in [5, 5.41) is 4.14. The van der Waals surface area contributed by atoms with Crippen LogP contribution in [0.15, 0.2) is 47.6 Å². The molecule has 22 heavy (non-hydrogen) atoms. The lowest BCUT2D eigenvalue weighted by Crippen LogP contribution is -2.19. The second-order valence-corrected chi connectivity index (χ2v) is 5.07. The molecule has 0 atom stereocenters. The number of carbonyl (C=O) groups is 1. The molecule has 3 rings (SSSR count). The van der Waals surface area contributed by atoms with Crippen LogP contribution < -0.4 is 14.9 Å². The van der Waals surface area contributed by atoms with Crippen molar-refractivity contribution in [2.45, 2.75) is 13.8 Å². The van der Waals surface area contributed by atoms with Crippen LogP contribution in [-0.4, -0.2) is 18.4 Å². The molecule has 1 amide bonds. The van der Waals surface area contributed by atoms with Crippen LogP contribution in [-0.2, 0) is 0 Å². The highest BCUT2D eigenvalue weighted by Gasteiger charge is 2.15. The Balaban J connectivity index is 1.71. The van der Waals surface area contributed by atoms with Crippen LogP contribution in [0.1, 0.15) is 28.4 Å². The molecule has 2 aromatic rings. The fourth-order valence-electron chi connectivity index (χ4n) is 2.10. The first-order chi connectivity index (χ1) is 10.6. The third-order valence-electron chi connectivity index (χ3n) is 3.43. The molecular weight excluding hydrogens is 280 g/mol. The Bertz CT molecular complexity index is 736. The standard InChI is InChI=1S/C17H16N2O3/c1-11-3-5-13(6-4-11)12(2)18-19-17(20)14-7-8-15-16(9-14)22-10-21-15/h3-9H,10H2,1-2H3,(H,19,20)/b18-12+. The van der Waals surface area contributed by atoms with Gasteiger partial charge in [0.15, 0.2) is 11.5 Å². The minimum Gasteiger partial charge on any atom is -0.454 e. The zero-order chi connectivity index (χ0) is 15.5. The third-order valence-corrected chi connectivity index (χ3v) is 3.43. The zero-order valence-electron chi connectivity index (χ0n) is 12.4. The van der Waals surface area contributed by atoms with Gasteiger partial charge in [0.25, 0.3) is 5.91 Å². The van der Waals surface area contributed by atoms with Crippen LogP contribution in [0.5, 0.6) is 11.5 Å². The summed E-state index contributed by atoms with van der Waals surface area (Å²) in [5.74, 6) is 0.938. The monoisotopic (exact) mass is 296 g/mol. The number of ether oxygens (including phenoxy) is 2. The van der Waals surface area contributed by atoms with Gasteiger partial charge in [-0.2, -0.15) is 5.10 Å². The molecule has 1 aliphatic rings. The summed E-state index contributed by atoms with van der Waals surface area (Å²) in [7, 11) is 0. The van der Waals surface area contributed by atoms with Crippen LogP contribution in [0.3, 0.4) is 0 Å². The van der Waals surface area contributed by atoms with Gasteiger partial charge in [0.1, 0.15) is 0 Å². The first-order valence-electron chi connectivity index (χ1n) is 6.95. The predicted molar refractivity (Wildman–Crippen MR) is 83.4 cm³/mol. The number of nitrogens with zero attached hydrogens (tertiary/aromatic N) is 1. The van der Waals surface area contributed by atoms with Crippen LogP contribution in [0, 0.1) is 6.92 Å². The zero-order valence-corrected chi connectivity index (χ0v) is 12.4. The van der Waals surface area contributed by atoms with Gasteiger partial charge < -0.3 is 9.47 Å². The largest absolute Gasteiger partial charge is 0.454 e. The van der Waals surface area contributed by atoms with Gasteiger partial charge in [-0.25, -0.2) is 5.43 Å². The molecule has 0 fully saturated rings. The molecular formula is C17H16N2O3. The Morgan fingerprint density at radius 2 is 1.73 bits per heavy atom. The summed E-state index contributed by atoms with van der Waals surface area (Å²) in [4.78, 5) is 12.1. The summed E-state index contributed by atoms with van der Waals surface area (Å²) < 4.78 is 10.5. The molecule has 1 heterocycles. The van der Waals surface area contributed by atoms with Crippen molar-refractivity contribution >= 4 is 11.6 Å². The van der Waals surface area contributed by atoms with Crippen molar-refractivity contribution in [2.75, 3.05) is 6.79 Å². The average molecular weight is 296 g/mol. The van der Waals surface area contributed by atoms with Gasteiger partial charge >= 0.3 is 0 Å². The van der Waals surface area contributed by atoms with Crippen molar-refractivity contribution in [3.8, 4) is 11.5 Å². The molecule has 5 heteroatoms. The minimum atomic E-state index is -0.287. The molecule has 0 saturated carbocycles. The molecule has 0 radical (unpaired) electrons. The molecule has 1 aliphatic heterocycles. The fraction of sp³-hybridized carbons (Fsp3) is 0.176. The molecule has 1 N–H and O–H groups in total. The number of hydrogen-bond acceptors (Lipinski definition) is 4. The molecule has 0 aromatic heterocycles. The fourth-order valence-corrected chi connectivity index (χ4v) is 2.10. The maximum absolute atomic E-state index is 12.1. The van der Waals surface area contributed by atoms with E-state index in [1.54, 1.807) is 18.2 Å². The van der Waals surface area contributed by atoms with Gasteiger partial charge in [0, 0.05) is 5.56 Å². The van der Waals surface area contributed by atoms with Crippen molar-refractivity contribution in [1.29, 1.82) is 0 Å².